The Balaban J connectivity index is 1.71. The third-order valence-corrected chi connectivity index (χ3v) is 5.77. The number of hydrogen-bond donors (Lipinski definition) is 0. The standard InChI is InChI=1S/C20H23ClN2O/c21-19-15-7-3-4-8-17(15)22-18-13-14(9-10-16(18)19)20(24)23-11-5-1-2-6-12-23/h9-10,13H,1-8,11-12H2. The summed E-state index contributed by atoms with van der Waals surface area (Å²) < 4.78 is 0. The number of carbonyl (C=O) groups excluding carboxylic acids is 1. The van der Waals surface area contributed by atoms with Crippen LogP contribution in [-0.4, -0.2) is 28.9 Å². The fraction of sp³-hybridized carbons (Fsp3) is 0.500. The van der Waals surface area contributed by atoms with Gasteiger partial charge in [0.1, 0.15) is 0 Å². The van der Waals surface area contributed by atoms with E-state index in [1.807, 2.05) is 23.1 Å². The lowest BCUT2D eigenvalue weighted by Gasteiger charge is -2.21. The SMILES string of the molecule is O=C(c1ccc2c(Cl)c3c(nc2c1)CCCC3)N1CCCCCC1. The molecule has 0 bridgehead atoms. The molecule has 4 rings (SSSR count). The molecule has 1 fully saturated rings. The molecule has 2 heterocycles. The van der Waals surface area contributed by atoms with Crippen molar-refractivity contribution in [3.05, 3.63) is 40.0 Å². The molecule has 1 aliphatic carbocycles. The first-order valence-electron chi connectivity index (χ1n) is 9.14. The smallest absolute Gasteiger partial charge is 0.253 e. The van der Waals surface area contributed by atoms with Crippen molar-refractivity contribution in [2.75, 3.05) is 13.1 Å². The number of aromatic nitrogens is 1. The zero-order valence-electron chi connectivity index (χ0n) is 14.0. The van der Waals surface area contributed by atoms with E-state index in [4.69, 9.17) is 16.6 Å². The highest BCUT2D eigenvalue weighted by atomic mass is 35.5. The molecule has 2 aliphatic rings. The van der Waals surface area contributed by atoms with Crippen molar-refractivity contribution in [2.24, 2.45) is 0 Å². The summed E-state index contributed by atoms with van der Waals surface area (Å²) in [6, 6.07) is 5.83. The van der Waals surface area contributed by atoms with Crippen LogP contribution in [0.1, 0.15) is 60.1 Å². The molecule has 1 aromatic carbocycles. The van der Waals surface area contributed by atoms with Crippen LogP contribution in [0.15, 0.2) is 18.2 Å². The number of fused-ring (bicyclic) bond motifs is 2. The summed E-state index contributed by atoms with van der Waals surface area (Å²) in [5.41, 5.74) is 3.94. The average molecular weight is 343 g/mol. The minimum atomic E-state index is 0.134. The Morgan fingerprint density at radius 1 is 1.00 bits per heavy atom. The van der Waals surface area contributed by atoms with Crippen molar-refractivity contribution in [3.8, 4) is 0 Å². The van der Waals surface area contributed by atoms with Crippen LogP contribution >= 0.6 is 11.6 Å². The maximum absolute atomic E-state index is 12.8. The lowest BCUT2D eigenvalue weighted by molar-refractivity contribution is 0.0762. The molecule has 1 amide bonds. The fourth-order valence-corrected chi connectivity index (χ4v) is 4.32. The third kappa shape index (κ3) is 2.90. The minimum absolute atomic E-state index is 0.134. The molecule has 0 unspecified atom stereocenters. The molecule has 24 heavy (non-hydrogen) atoms. The van der Waals surface area contributed by atoms with E-state index >= 15 is 0 Å². The summed E-state index contributed by atoms with van der Waals surface area (Å²) in [5.74, 6) is 0.134. The first kappa shape index (κ1) is 15.9. The molecular weight excluding hydrogens is 320 g/mol. The Hall–Kier alpha value is -1.61. The summed E-state index contributed by atoms with van der Waals surface area (Å²) in [7, 11) is 0. The number of carbonyl (C=O) groups is 1. The number of nitrogens with zero attached hydrogens (tertiary/aromatic N) is 2. The molecule has 126 valence electrons. The zero-order chi connectivity index (χ0) is 16.5. The van der Waals surface area contributed by atoms with E-state index in [-0.39, 0.29) is 5.91 Å². The van der Waals surface area contributed by atoms with E-state index in [1.165, 1.54) is 31.2 Å². The molecule has 0 atom stereocenters. The summed E-state index contributed by atoms with van der Waals surface area (Å²) in [4.78, 5) is 19.7. The molecule has 3 nitrogen and oxygen atoms in total. The van der Waals surface area contributed by atoms with Crippen LogP contribution in [-0.2, 0) is 12.8 Å². The quantitative estimate of drug-likeness (QED) is 0.747. The first-order chi connectivity index (χ1) is 11.7. The highest BCUT2D eigenvalue weighted by molar-refractivity contribution is 6.36. The van der Waals surface area contributed by atoms with Crippen molar-refractivity contribution in [1.82, 2.24) is 9.88 Å². The van der Waals surface area contributed by atoms with Gasteiger partial charge in [0.05, 0.1) is 10.5 Å². The van der Waals surface area contributed by atoms with Crippen molar-refractivity contribution < 1.29 is 4.79 Å². The molecular formula is C20H23ClN2O. The van der Waals surface area contributed by atoms with Gasteiger partial charge in [0, 0.05) is 29.7 Å². The average Bonchev–Trinajstić information content (AvgIpc) is 2.90. The number of hydrogen-bond acceptors (Lipinski definition) is 2. The van der Waals surface area contributed by atoms with Crippen LogP contribution in [0.4, 0.5) is 0 Å². The number of rotatable bonds is 1. The van der Waals surface area contributed by atoms with Gasteiger partial charge in [0.25, 0.3) is 5.91 Å². The molecule has 1 aliphatic heterocycles. The zero-order valence-corrected chi connectivity index (χ0v) is 14.7. The molecule has 2 aromatic rings. The van der Waals surface area contributed by atoms with E-state index in [1.54, 1.807) is 0 Å². The van der Waals surface area contributed by atoms with Crippen LogP contribution < -0.4 is 0 Å². The number of benzene rings is 1. The Labute approximate surface area is 148 Å². The lowest BCUT2D eigenvalue weighted by Crippen LogP contribution is -2.31. The third-order valence-electron chi connectivity index (χ3n) is 5.33. The Morgan fingerprint density at radius 3 is 2.54 bits per heavy atom. The van der Waals surface area contributed by atoms with Crippen molar-refractivity contribution in [1.29, 1.82) is 0 Å². The van der Waals surface area contributed by atoms with Gasteiger partial charge in [-0.05, 0) is 56.2 Å². The summed E-state index contributed by atoms with van der Waals surface area (Å²) in [6.45, 7) is 1.74. The number of halogens is 1. The van der Waals surface area contributed by atoms with E-state index in [0.717, 1.165) is 66.0 Å². The van der Waals surface area contributed by atoms with Gasteiger partial charge in [0.15, 0.2) is 0 Å². The monoisotopic (exact) mass is 342 g/mol. The number of pyridine rings is 1. The van der Waals surface area contributed by atoms with Gasteiger partial charge >= 0.3 is 0 Å². The summed E-state index contributed by atoms with van der Waals surface area (Å²) in [6.07, 6.45) is 9.05. The fourth-order valence-electron chi connectivity index (χ4n) is 3.96. The Kier molecular flexibility index (Phi) is 4.45. The topological polar surface area (TPSA) is 33.2 Å². The van der Waals surface area contributed by atoms with Crippen molar-refractivity contribution >= 4 is 28.4 Å². The van der Waals surface area contributed by atoms with E-state index in [9.17, 15) is 4.79 Å². The normalized spacial score (nSPS) is 18.3. The van der Waals surface area contributed by atoms with E-state index in [2.05, 4.69) is 0 Å². The molecule has 1 aromatic heterocycles. The number of amides is 1. The molecule has 4 heteroatoms. The molecule has 1 saturated heterocycles. The first-order valence-corrected chi connectivity index (χ1v) is 9.52. The molecule has 0 saturated carbocycles. The minimum Gasteiger partial charge on any atom is -0.339 e. The van der Waals surface area contributed by atoms with Crippen LogP contribution in [0.5, 0.6) is 0 Å². The molecule has 0 spiro atoms. The Morgan fingerprint density at radius 2 is 1.75 bits per heavy atom. The van der Waals surface area contributed by atoms with Crippen LogP contribution in [0.3, 0.4) is 0 Å². The second kappa shape index (κ2) is 6.72. The highest BCUT2D eigenvalue weighted by Gasteiger charge is 2.20. The van der Waals surface area contributed by atoms with Gasteiger partial charge in [-0.25, -0.2) is 0 Å². The summed E-state index contributed by atoms with van der Waals surface area (Å²) in [5, 5.41) is 1.81. The van der Waals surface area contributed by atoms with Gasteiger partial charge in [-0.1, -0.05) is 30.5 Å². The van der Waals surface area contributed by atoms with Gasteiger partial charge in [-0.15, -0.1) is 0 Å². The number of aryl methyl sites for hydroxylation is 1. The maximum atomic E-state index is 12.8. The second-order valence-electron chi connectivity index (χ2n) is 7.00. The number of likely N-dealkylation sites (tertiary alicyclic amines) is 1. The van der Waals surface area contributed by atoms with Crippen LogP contribution in [0.25, 0.3) is 10.9 Å². The lowest BCUT2D eigenvalue weighted by atomic mass is 9.94. The molecule has 0 radical (unpaired) electrons. The van der Waals surface area contributed by atoms with Gasteiger partial charge in [-0.2, -0.15) is 0 Å². The largest absolute Gasteiger partial charge is 0.339 e. The molecule has 0 N–H and O–H groups in total. The van der Waals surface area contributed by atoms with E-state index in [0.29, 0.717) is 0 Å². The van der Waals surface area contributed by atoms with Gasteiger partial charge < -0.3 is 4.90 Å². The summed E-state index contributed by atoms with van der Waals surface area (Å²) >= 11 is 6.63. The van der Waals surface area contributed by atoms with Gasteiger partial charge in [0.2, 0.25) is 0 Å². The maximum Gasteiger partial charge on any atom is 0.253 e. The predicted octanol–water partition coefficient (Wildman–Crippen LogP) is 4.78. The van der Waals surface area contributed by atoms with Gasteiger partial charge in [-0.3, -0.25) is 9.78 Å². The second-order valence-corrected chi connectivity index (χ2v) is 7.37. The Bertz CT molecular complexity index is 779. The van der Waals surface area contributed by atoms with Crippen LogP contribution in [0.2, 0.25) is 5.02 Å². The highest BCUT2D eigenvalue weighted by Crippen LogP contribution is 2.33. The van der Waals surface area contributed by atoms with Crippen LogP contribution in [0, 0.1) is 0 Å². The van der Waals surface area contributed by atoms with E-state index < -0.39 is 0 Å². The van der Waals surface area contributed by atoms with Crippen molar-refractivity contribution in [3.63, 3.8) is 0 Å². The predicted molar refractivity (Wildman–Crippen MR) is 97.8 cm³/mol. The van der Waals surface area contributed by atoms with Crippen molar-refractivity contribution in [2.45, 2.75) is 51.4 Å².